The lowest BCUT2D eigenvalue weighted by molar-refractivity contribution is -0.122. The predicted molar refractivity (Wildman–Crippen MR) is 79.9 cm³/mol. The molecule has 2 aromatic rings. The molecule has 2 aromatic carbocycles. The van der Waals surface area contributed by atoms with Crippen LogP contribution in [0.4, 0.5) is 14.0 Å². The number of rotatable bonds is 5. The molecular formula is C15H13F2NO4S. The number of hydrogen-bond donors (Lipinski definition) is 1. The molecule has 0 unspecified atom stereocenters. The van der Waals surface area contributed by atoms with Gasteiger partial charge in [-0.1, -0.05) is 12.1 Å². The first kappa shape index (κ1) is 16.9. The molecular weight excluding hydrogens is 328 g/mol. The molecule has 0 aromatic heterocycles. The van der Waals surface area contributed by atoms with Crippen molar-refractivity contribution >= 4 is 21.8 Å². The van der Waals surface area contributed by atoms with Crippen molar-refractivity contribution in [2.75, 3.05) is 5.32 Å². The molecule has 0 aliphatic carbocycles. The van der Waals surface area contributed by atoms with E-state index < -0.39 is 32.9 Å². The Balaban J connectivity index is 2.07. The third kappa shape index (κ3) is 4.75. The summed E-state index contributed by atoms with van der Waals surface area (Å²) in [7, 11) is -4.86. The molecule has 1 amide bonds. The predicted octanol–water partition coefficient (Wildman–Crippen LogP) is 2.89. The molecule has 8 heteroatoms. The first-order valence-electron chi connectivity index (χ1n) is 6.53. The number of halogens is 2. The summed E-state index contributed by atoms with van der Waals surface area (Å²) >= 11 is 0. The summed E-state index contributed by atoms with van der Waals surface area (Å²) in [5.74, 6) is -0.925. The van der Waals surface area contributed by atoms with Crippen molar-refractivity contribution in [3.63, 3.8) is 0 Å². The van der Waals surface area contributed by atoms with E-state index in [4.69, 9.17) is 4.74 Å². The van der Waals surface area contributed by atoms with Crippen LogP contribution in [-0.4, -0.2) is 20.4 Å². The van der Waals surface area contributed by atoms with E-state index >= 15 is 0 Å². The van der Waals surface area contributed by atoms with Crippen LogP contribution in [0, 0.1) is 5.82 Å². The Morgan fingerprint density at radius 2 is 1.87 bits per heavy atom. The number of carbonyl (C=O) groups excluding carboxylic acids is 1. The van der Waals surface area contributed by atoms with Gasteiger partial charge in [0.05, 0.1) is 0 Å². The molecule has 0 spiro atoms. The number of anilines is 1. The molecule has 0 radical (unpaired) electrons. The first-order chi connectivity index (χ1) is 10.8. The highest BCUT2D eigenvalue weighted by Gasteiger charge is 2.17. The Labute approximate surface area is 132 Å². The molecule has 2 rings (SSSR count). The number of benzene rings is 2. The summed E-state index contributed by atoms with van der Waals surface area (Å²) < 4.78 is 52.9. The van der Waals surface area contributed by atoms with Crippen LogP contribution in [0.15, 0.2) is 53.4 Å². The van der Waals surface area contributed by atoms with E-state index in [1.54, 1.807) is 0 Å². The fourth-order valence-corrected chi connectivity index (χ4v) is 2.28. The van der Waals surface area contributed by atoms with Crippen molar-refractivity contribution in [1.29, 1.82) is 0 Å². The zero-order valence-electron chi connectivity index (χ0n) is 12.0. The van der Waals surface area contributed by atoms with Crippen LogP contribution in [0.5, 0.6) is 5.75 Å². The summed E-state index contributed by atoms with van der Waals surface area (Å²) in [6, 6.07) is 10.0. The van der Waals surface area contributed by atoms with Gasteiger partial charge in [-0.2, -0.15) is 8.42 Å². The molecule has 0 saturated carbocycles. The van der Waals surface area contributed by atoms with Crippen molar-refractivity contribution in [1.82, 2.24) is 0 Å². The second-order valence-corrected chi connectivity index (χ2v) is 6.02. The van der Waals surface area contributed by atoms with Gasteiger partial charge in [-0.15, -0.1) is 3.89 Å². The summed E-state index contributed by atoms with van der Waals surface area (Å²) in [6.45, 7) is 1.44. The normalized spacial score (nSPS) is 12.5. The van der Waals surface area contributed by atoms with E-state index in [-0.39, 0.29) is 11.4 Å². The largest absolute Gasteiger partial charge is 0.481 e. The second-order valence-electron chi connectivity index (χ2n) is 4.67. The molecule has 0 bridgehead atoms. The van der Waals surface area contributed by atoms with Crippen LogP contribution in [0.3, 0.4) is 0 Å². The molecule has 0 heterocycles. The van der Waals surface area contributed by atoms with Gasteiger partial charge < -0.3 is 10.1 Å². The van der Waals surface area contributed by atoms with Crippen LogP contribution in [0.1, 0.15) is 6.92 Å². The van der Waals surface area contributed by atoms with Crippen LogP contribution in [-0.2, 0) is 15.0 Å². The highest BCUT2D eigenvalue weighted by atomic mass is 32.3. The highest BCUT2D eigenvalue weighted by Crippen LogP contribution is 2.18. The van der Waals surface area contributed by atoms with Gasteiger partial charge in [-0.05, 0) is 37.3 Å². The topological polar surface area (TPSA) is 72.5 Å². The maximum absolute atomic E-state index is 13.0. The molecule has 5 nitrogen and oxygen atoms in total. The van der Waals surface area contributed by atoms with Gasteiger partial charge in [-0.25, -0.2) is 4.39 Å². The standard InChI is InChI=1S/C15H13F2NO4S/c1-10(22-13-6-2-4-11(16)8-13)15(19)18-12-5-3-7-14(9-12)23(17,20)21/h2-10H,1H3,(H,18,19)/t10-/m1/s1. The van der Waals surface area contributed by atoms with Crippen LogP contribution < -0.4 is 10.1 Å². The van der Waals surface area contributed by atoms with Crippen molar-refractivity contribution in [3.8, 4) is 5.75 Å². The van der Waals surface area contributed by atoms with Gasteiger partial charge >= 0.3 is 10.2 Å². The van der Waals surface area contributed by atoms with Gasteiger partial charge in [0.15, 0.2) is 6.10 Å². The zero-order chi connectivity index (χ0) is 17.0. The van der Waals surface area contributed by atoms with E-state index in [1.165, 1.54) is 37.3 Å². The third-order valence-corrected chi connectivity index (χ3v) is 3.68. The lowest BCUT2D eigenvalue weighted by Crippen LogP contribution is -2.30. The Morgan fingerprint density at radius 1 is 1.17 bits per heavy atom. The number of hydrogen-bond acceptors (Lipinski definition) is 4. The summed E-state index contributed by atoms with van der Waals surface area (Å²) in [4.78, 5) is 11.4. The van der Waals surface area contributed by atoms with Crippen LogP contribution in [0.2, 0.25) is 0 Å². The van der Waals surface area contributed by atoms with Crippen LogP contribution >= 0.6 is 0 Å². The molecule has 0 fully saturated rings. The Morgan fingerprint density at radius 3 is 2.52 bits per heavy atom. The van der Waals surface area contributed by atoms with E-state index in [9.17, 15) is 21.5 Å². The van der Waals surface area contributed by atoms with Gasteiger partial charge in [0.25, 0.3) is 5.91 Å². The molecule has 122 valence electrons. The fraction of sp³-hybridized carbons (Fsp3) is 0.133. The van der Waals surface area contributed by atoms with Crippen LogP contribution in [0.25, 0.3) is 0 Å². The second kappa shape index (κ2) is 6.74. The van der Waals surface area contributed by atoms with Gasteiger partial charge in [-0.3, -0.25) is 4.79 Å². The zero-order valence-corrected chi connectivity index (χ0v) is 12.8. The van der Waals surface area contributed by atoms with Gasteiger partial charge in [0.2, 0.25) is 0 Å². The Hall–Kier alpha value is -2.48. The number of amides is 1. The lowest BCUT2D eigenvalue weighted by atomic mass is 10.3. The van der Waals surface area contributed by atoms with Crippen molar-refractivity contribution in [2.45, 2.75) is 17.9 Å². The molecule has 0 aliphatic heterocycles. The molecule has 1 N–H and O–H groups in total. The quantitative estimate of drug-likeness (QED) is 0.849. The van der Waals surface area contributed by atoms with Crippen molar-refractivity contribution in [3.05, 3.63) is 54.3 Å². The lowest BCUT2D eigenvalue weighted by Gasteiger charge is -2.15. The first-order valence-corrected chi connectivity index (χ1v) is 7.92. The SMILES string of the molecule is C[C@@H](Oc1cccc(F)c1)C(=O)Nc1cccc(S(=O)(=O)F)c1. The third-order valence-electron chi connectivity index (χ3n) is 2.86. The smallest absolute Gasteiger partial charge is 0.332 e. The van der Waals surface area contributed by atoms with E-state index in [0.29, 0.717) is 0 Å². The van der Waals surface area contributed by atoms with Gasteiger partial charge in [0.1, 0.15) is 16.5 Å². The number of ether oxygens (including phenoxy) is 1. The van der Waals surface area contributed by atoms with E-state index in [2.05, 4.69) is 5.32 Å². The maximum Gasteiger partial charge on any atom is 0.332 e. The van der Waals surface area contributed by atoms with Crippen molar-refractivity contribution in [2.24, 2.45) is 0 Å². The monoisotopic (exact) mass is 341 g/mol. The minimum absolute atomic E-state index is 0.100. The summed E-state index contributed by atoms with van der Waals surface area (Å²) in [5.41, 5.74) is 0.100. The molecule has 23 heavy (non-hydrogen) atoms. The molecule has 0 aliphatic rings. The minimum atomic E-state index is -4.86. The minimum Gasteiger partial charge on any atom is -0.481 e. The maximum atomic E-state index is 13.0. The van der Waals surface area contributed by atoms with E-state index in [1.807, 2.05) is 0 Å². The average molecular weight is 341 g/mol. The molecule has 0 saturated heterocycles. The summed E-state index contributed by atoms with van der Waals surface area (Å²) in [5, 5.41) is 2.40. The molecule has 1 atom stereocenters. The van der Waals surface area contributed by atoms with Crippen molar-refractivity contribution < 1.29 is 26.2 Å². The van der Waals surface area contributed by atoms with E-state index in [0.717, 1.165) is 18.2 Å². The number of carbonyl (C=O) groups is 1. The Kier molecular flexibility index (Phi) is 4.95. The fourth-order valence-electron chi connectivity index (χ4n) is 1.77. The average Bonchev–Trinajstić information content (AvgIpc) is 2.46. The number of nitrogens with one attached hydrogen (secondary N) is 1. The highest BCUT2D eigenvalue weighted by molar-refractivity contribution is 7.86. The Bertz CT molecular complexity index is 824. The van der Waals surface area contributed by atoms with Gasteiger partial charge in [0, 0.05) is 11.8 Å². The summed E-state index contributed by atoms with van der Waals surface area (Å²) in [6.07, 6.45) is -0.970.